The molecule has 2 aromatic carbocycles. The molecule has 0 heterocycles. The van der Waals surface area contributed by atoms with E-state index in [-0.39, 0.29) is 5.91 Å². The van der Waals surface area contributed by atoms with Gasteiger partial charge in [0, 0.05) is 25.8 Å². The maximum atomic E-state index is 12.9. The van der Waals surface area contributed by atoms with E-state index in [0.717, 1.165) is 23.1 Å². The highest BCUT2D eigenvalue weighted by Gasteiger charge is 2.31. The van der Waals surface area contributed by atoms with Crippen LogP contribution in [0, 0.1) is 13.8 Å². The van der Waals surface area contributed by atoms with Crippen LogP contribution in [0.25, 0.3) is 0 Å². The highest BCUT2D eigenvalue weighted by atomic mass is 32.2. The lowest BCUT2D eigenvalue weighted by molar-refractivity contribution is -0.122. The normalized spacial score (nSPS) is 12.3. The number of anilines is 2. The summed E-state index contributed by atoms with van der Waals surface area (Å²) in [6.45, 7) is 6.76. The largest absolute Gasteiger partial charge is 0.373 e. The first-order chi connectivity index (χ1) is 13.6. The fourth-order valence-electron chi connectivity index (χ4n) is 3.20. The van der Waals surface area contributed by atoms with Crippen molar-refractivity contribution >= 4 is 27.3 Å². The van der Waals surface area contributed by atoms with E-state index >= 15 is 0 Å². The predicted octanol–water partition coefficient (Wildman–Crippen LogP) is 3.10. The molecule has 6 nitrogen and oxygen atoms in total. The maximum Gasteiger partial charge on any atom is 0.243 e. The summed E-state index contributed by atoms with van der Waals surface area (Å²) < 4.78 is 26.3. The van der Waals surface area contributed by atoms with Gasteiger partial charge in [0.25, 0.3) is 0 Å². The standard InChI is InChI=1S/C22H31N3O3S/c1-6-21(22(26)23-14-15-24(4)19-10-8-7-9-11-19)25(29(5,27)28)20-13-12-17(2)18(3)16-20/h7-13,16,21H,6,14-15H2,1-5H3,(H,23,26)/t21-/m1/s1. The van der Waals surface area contributed by atoms with Crippen molar-refractivity contribution in [3.63, 3.8) is 0 Å². The molecule has 0 aliphatic carbocycles. The first-order valence-corrected chi connectivity index (χ1v) is 11.6. The van der Waals surface area contributed by atoms with Gasteiger partial charge in [-0.25, -0.2) is 8.42 Å². The summed E-state index contributed by atoms with van der Waals surface area (Å²) in [6.07, 6.45) is 1.52. The van der Waals surface area contributed by atoms with Gasteiger partial charge in [-0.3, -0.25) is 9.10 Å². The van der Waals surface area contributed by atoms with Crippen LogP contribution in [0.4, 0.5) is 11.4 Å². The van der Waals surface area contributed by atoms with E-state index in [0.29, 0.717) is 25.2 Å². The Morgan fingerprint density at radius 2 is 1.69 bits per heavy atom. The minimum atomic E-state index is -3.63. The number of aryl methyl sites for hydroxylation is 2. The van der Waals surface area contributed by atoms with Crippen LogP contribution >= 0.6 is 0 Å². The summed E-state index contributed by atoms with van der Waals surface area (Å²) in [5, 5.41) is 2.90. The summed E-state index contributed by atoms with van der Waals surface area (Å²) >= 11 is 0. The molecule has 1 amide bonds. The molecule has 0 unspecified atom stereocenters. The average Bonchev–Trinajstić information content (AvgIpc) is 2.67. The third kappa shape index (κ3) is 5.97. The van der Waals surface area contributed by atoms with Gasteiger partial charge in [0.15, 0.2) is 0 Å². The van der Waals surface area contributed by atoms with Crippen LogP contribution in [0.15, 0.2) is 48.5 Å². The van der Waals surface area contributed by atoms with Crippen LogP contribution in [0.2, 0.25) is 0 Å². The second-order valence-electron chi connectivity index (χ2n) is 7.30. The van der Waals surface area contributed by atoms with Crippen molar-refractivity contribution < 1.29 is 13.2 Å². The van der Waals surface area contributed by atoms with E-state index < -0.39 is 16.1 Å². The Balaban J connectivity index is 2.13. The molecule has 0 saturated heterocycles. The van der Waals surface area contributed by atoms with Crippen molar-refractivity contribution in [3.05, 3.63) is 59.7 Å². The molecule has 7 heteroatoms. The third-order valence-corrected chi connectivity index (χ3v) is 6.20. The Bertz CT molecular complexity index is 930. The van der Waals surface area contributed by atoms with Gasteiger partial charge >= 0.3 is 0 Å². The van der Waals surface area contributed by atoms with Gasteiger partial charge < -0.3 is 10.2 Å². The smallest absolute Gasteiger partial charge is 0.243 e. The number of amides is 1. The van der Waals surface area contributed by atoms with Gasteiger partial charge in [-0.15, -0.1) is 0 Å². The fraction of sp³-hybridized carbons (Fsp3) is 0.409. The lowest BCUT2D eigenvalue weighted by Gasteiger charge is -2.30. The number of rotatable bonds is 9. The number of carbonyl (C=O) groups excluding carboxylic acids is 1. The Kier molecular flexibility index (Phi) is 7.67. The molecular formula is C22H31N3O3S. The Labute approximate surface area is 174 Å². The zero-order valence-corrected chi connectivity index (χ0v) is 18.7. The lowest BCUT2D eigenvalue weighted by atomic mass is 10.1. The van der Waals surface area contributed by atoms with Crippen LogP contribution in [0.5, 0.6) is 0 Å². The van der Waals surface area contributed by atoms with Crippen molar-refractivity contribution in [2.75, 3.05) is 35.6 Å². The molecule has 1 atom stereocenters. The van der Waals surface area contributed by atoms with Crippen LogP contribution in [-0.4, -0.2) is 46.8 Å². The van der Waals surface area contributed by atoms with Crippen molar-refractivity contribution in [2.45, 2.75) is 33.2 Å². The molecule has 2 rings (SSSR count). The molecular weight excluding hydrogens is 386 g/mol. The number of benzene rings is 2. The number of likely N-dealkylation sites (N-methyl/N-ethyl adjacent to an activating group) is 1. The quantitative estimate of drug-likeness (QED) is 0.681. The minimum absolute atomic E-state index is 0.294. The van der Waals surface area contributed by atoms with Crippen LogP contribution < -0.4 is 14.5 Å². The first-order valence-electron chi connectivity index (χ1n) is 9.75. The molecule has 0 saturated carbocycles. The third-order valence-electron chi connectivity index (χ3n) is 5.02. The van der Waals surface area contributed by atoms with E-state index in [1.165, 1.54) is 4.31 Å². The summed E-state index contributed by atoms with van der Waals surface area (Å²) in [7, 11) is -1.67. The molecule has 158 valence electrons. The molecule has 0 aliphatic rings. The van der Waals surface area contributed by atoms with Crippen LogP contribution in [-0.2, 0) is 14.8 Å². The van der Waals surface area contributed by atoms with E-state index in [1.807, 2.05) is 75.2 Å². The summed E-state index contributed by atoms with van der Waals surface area (Å²) in [5.74, 6) is -0.294. The van der Waals surface area contributed by atoms with Crippen LogP contribution in [0.1, 0.15) is 24.5 Å². The lowest BCUT2D eigenvalue weighted by Crippen LogP contribution is -2.50. The molecule has 0 fully saturated rings. The monoisotopic (exact) mass is 417 g/mol. The Morgan fingerprint density at radius 3 is 2.24 bits per heavy atom. The molecule has 1 N–H and O–H groups in total. The number of hydrogen-bond acceptors (Lipinski definition) is 4. The van der Waals surface area contributed by atoms with Gasteiger partial charge in [0.05, 0.1) is 11.9 Å². The average molecular weight is 418 g/mol. The zero-order valence-electron chi connectivity index (χ0n) is 17.8. The fourth-order valence-corrected chi connectivity index (χ4v) is 4.40. The summed E-state index contributed by atoms with van der Waals surface area (Å²) in [5.41, 5.74) is 3.63. The molecule has 2 aromatic rings. The van der Waals surface area contributed by atoms with Gasteiger partial charge in [0.1, 0.15) is 6.04 Å². The van der Waals surface area contributed by atoms with Gasteiger partial charge in [-0.2, -0.15) is 0 Å². The molecule has 0 radical (unpaired) electrons. The number of hydrogen-bond donors (Lipinski definition) is 1. The van der Waals surface area contributed by atoms with E-state index in [2.05, 4.69) is 5.32 Å². The minimum Gasteiger partial charge on any atom is -0.373 e. The Hall–Kier alpha value is -2.54. The van der Waals surface area contributed by atoms with Crippen LogP contribution in [0.3, 0.4) is 0 Å². The summed E-state index contributed by atoms with van der Waals surface area (Å²) in [6, 6.07) is 14.5. The number of nitrogens with zero attached hydrogens (tertiary/aromatic N) is 2. The zero-order chi connectivity index (χ0) is 21.6. The van der Waals surface area contributed by atoms with Crippen molar-refractivity contribution in [3.8, 4) is 0 Å². The highest BCUT2D eigenvalue weighted by Crippen LogP contribution is 2.25. The molecule has 0 spiro atoms. The number of para-hydroxylation sites is 1. The SMILES string of the molecule is CC[C@H](C(=O)NCCN(C)c1ccccc1)N(c1ccc(C)c(C)c1)S(C)(=O)=O. The van der Waals surface area contributed by atoms with Gasteiger partial charge in [0.2, 0.25) is 15.9 Å². The van der Waals surface area contributed by atoms with Crippen molar-refractivity contribution in [2.24, 2.45) is 0 Å². The van der Waals surface area contributed by atoms with Gasteiger partial charge in [-0.05, 0) is 55.7 Å². The second kappa shape index (κ2) is 9.78. The molecule has 0 aliphatic heterocycles. The highest BCUT2D eigenvalue weighted by molar-refractivity contribution is 7.92. The molecule has 0 aromatic heterocycles. The van der Waals surface area contributed by atoms with Crippen molar-refractivity contribution in [1.82, 2.24) is 5.32 Å². The van der Waals surface area contributed by atoms with Gasteiger partial charge in [-0.1, -0.05) is 31.2 Å². The van der Waals surface area contributed by atoms with E-state index in [1.54, 1.807) is 6.07 Å². The van der Waals surface area contributed by atoms with E-state index in [9.17, 15) is 13.2 Å². The van der Waals surface area contributed by atoms with Crippen molar-refractivity contribution in [1.29, 1.82) is 0 Å². The second-order valence-corrected chi connectivity index (χ2v) is 9.16. The summed E-state index contributed by atoms with van der Waals surface area (Å²) in [4.78, 5) is 14.9. The molecule has 0 bridgehead atoms. The predicted molar refractivity (Wildman–Crippen MR) is 120 cm³/mol. The van der Waals surface area contributed by atoms with E-state index in [4.69, 9.17) is 0 Å². The Morgan fingerprint density at radius 1 is 1.03 bits per heavy atom. The first kappa shape index (κ1) is 22.7. The number of carbonyl (C=O) groups is 1. The maximum absolute atomic E-state index is 12.9. The molecule has 29 heavy (non-hydrogen) atoms. The number of nitrogens with one attached hydrogen (secondary N) is 1. The topological polar surface area (TPSA) is 69.7 Å². The number of sulfonamides is 1.